The Bertz CT molecular complexity index is 1240. The Labute approximate surface area is 206 Å². The first-order valence-corrected chi connectivity index (χ1v) is 12.1. The number of aromatic nitrogens is 1. The lowest BCUT2D eigenvalue weighted by atomic mass is 9.95. The molecule has 0 aliphatic carbocycles. The first kappa shape index (κ1) is 24.3. The summed E-state index contributed by atoms with van der Waals surface area (Å²) in [6, 6.07) is 15.3. The van der Waals surface area contributed by atoms with E-state index < -0.39 is 5.82 Å². The molecular formula is C26H25FN4O3S. The van der Waals surface area contributed by atoms with Gasteiger partial charge in [-0.25, -0.2) is 9.37 Å². The van der Waals surface area contributed by atoms with Gasteiger partial charge in [0.05, 0.1) is 11.4 Å². The highest BCUT2D eigenvalue weighted by Crippen LogP contribution is 2.31. The zero-order valence-electron chi connectivity index (χ0n) is 19.2. The number of anilines is 3. The molecule has 0 atom stereocenters. The number of rotatable bonds is 6. The molecule has 2 aromatic carbocycles. The number of nitrogens with zero attached hydrogens (tertiary/aromatic N) is 3. The van der Waals surface area contributed by atoms with Crippen LogP contribution < -0.4 is 10.2 Å². The smallest absolute Gasteiger partial charge is 0.246 e. The SMILES string of the molecule is CC(=O)N(c1nc(C=CC(=O)N2CCC(C(=O)Nc3ccccc3)CC2)cs1)c1ccccc1F. The van der Waals surface area contributed by atoms with Crippen molar-refractivity contribution in [1.29, 1.82) is 0 Å². The molecule has 0 spiro atoms. The second-order valence-corrected chi connectivity index (χ2v) is 8.99. The molecule has 3 amide bonds. The summed E-state index contributed by atoms with van der Waals surface area (Å²) in [6.07, 6.45) is 4.20. The van der Waals surface area contributed by atoms with Crippen LogP contribution in [0.1, 0.15) is 25.5 Å². The van der Waals surface area contributed by atoms with E-state index in [4.69, 9.17) is 0 Å². The van der Waals surface area contributed by atoms with E-state index in [1.54, 1.807) is 28.5 Å². The van der Waals surface area contributed by atoms with Crippen LogP contribution in [0.25, 0.3) is 6.08 Å². The zero-order chi connectivity index (χ0) is 24.8. The Morgan fingerprint density at radius 1 is 1.09 bits per heavy atom. The lowest BCUT2D eigenvalue weighted by Gasteiger charge is -2.30. The first-order chi connectivity index (χ1) is 16.9. The maximum Gasteiger partial charge on any atom is 0.246 e. The number of amides is 3. The number of hydrogen-bond acceptors (Lipinski definition) is 5. The third kappa shape index (κ3) is 5.99. The van der Waals surface area contributed by atoms with Gasteiger partial charge in [-0.1, -0.05) is 30.3 Å². The Morgan fingerprint density at radius 3 is 2.46 bits per heavy atom. The van der Waals surface area contributed by atoms with Gasteiger partial charge < -0.3 is 10.2 Å². The maximum atomic E-state index is 14.2. The van der Waals surface area contributed by atoms with Crippen LogP contribution in [0, 0.1) is 11.7 Å². The van der Waals surface area contributed by atoms with E-state index in [2.05, 4.69) is 10.3 Å². The van der Waals surface area contributed by atoms with Gasteiger partial charge >= 0.3 is 0 Å². The Kier molecular flexibility index (Phi) is 7.67. The number of hydrogen-bond donors (Lipinski definition) is 1. The predicted octanol–water partition coefficient (Wildman–Crippen LogP) is 4.86. The van der Waals surface area contributed by atoms with Crippen LogP contribution in [0.5, 0.6) is 0 Å². The zero-order valence-corrected chi connectivity index (χ0v) is 20.0. The van der Waals surface area contributed by atoms with Crippen LogP contribution >= 0.6 is 11.3 Å². The van der Waals surface area contributed by atoms with Crippen molar-refractivity contribution in [2.75, 3.05) is 23.3 Å². The molecular weight excluding hydrogens is 467 g/mol. The van der Waals surface area contributed by atoms with Gasteiger partial charge in [-0.2, -0.15) is 0 Å². The minimum absolute atomic E-state index is 0.0290. The van der Waals surface area contributed by atoms with Gasteiger partial charge in [-0.05, 0) is 43.2 Å². The summed E-state index contributed by atoms with van der Waals surface area (Å²) in [5.74, 6) is -1.22. The monoisotopic (exact) mass is 492 g/mol. The molecule has 35 heavy (non-hydrogen) atoms. The minimum atomic E-state index is -0.522. The summed E-state index contributed by atoms with van der Waals surface area (Å²) in [5.41, 5.74) is 1.39. The third-order valence-electron chi connectivity index (χ3n) is 5.72. The fourth-order valence-electron chi connectivity index (χ4n) is 3.89. The molecule has 1 saturated heterocycles. The van der Waals surface area contributed by atoms with Crippen molar-refractivity contribution in [2.24, 2.45) is 5.92 Å². The van der Waals surface area contributed by atoms with Gasteiger partial charge in [0, 0.05) is 43.1 Å². The highest BCUT2D eigenvalue weighted by atomic mass is 32.1. The van der Waals surface area contributed by atoms with Crippen LogP contribution in [0.4, 0.5) is 20.9 Å². The van der Waals surface area contributed by atoms with Gasteiger partial charge in [0.1, 0.15) is 5.82 Å². The maximum absolute atomic E-state index is 14.2. The van der Waals surface area contributed by atoms with Gasteiger partial charge in [-0.3, -0.25) is 19.3 Å². The first-order valence-electron chi connectivity index (χ1n) is 11.3. The summed E-state index contributed by atoms with van der Waals surface area (Å²) in [5, 5.41) is 4.95. The number of piperidine rings is 1. The molecule has 7 nitrogen and oxygen atoms in total. The number of carbonyl (C=O) groups is 3. The number of benzene rings is 2. The second kappa shape index (κ2) is 11.1. The van der Waals surface area contributed by atoms with Crippen molar-refractivity contribution in [3.8, 4) is 0 Å². The van der Waals surface area contributed by atoms with Crippen molar-refractivity contribution >= 4 is 51.6 Å². The molecule has 0 unspecified atom stereocenters. The fourth-order valence-corrected chi connectivity index (χ4v) is 4.73. The van der Waals surface area contributed by atoms with E-state index in [1.165, 1.54) is 41.4 Å². The topological polar surface area (TPSA) is 82.6 Å². The normalized spacial score (nSPS) is 14.2. The number of nitrogens with one attached hydrogen (secondary N) is 1. The van der Waals surface area contributed by atoms with E-state index >= 15 is 0 Å². The van der Waals surface area contributed by atoms with Gasteiger partial charge in [0.25, 0.3) is 0 Å². The Morgan fingerprint density at radius 2 is 1.77 bits per heavy atom. The molecule has 0 saturated carbocycles. The van der Waals surface area contributed by atoms with Crippen molar-refractivity contribution in [2.45, 2.75) is 19.8 Å². The third-order valence-corrected chi connectivity index (χ3v) is 6.57. The summed E-state index contributed by atoms with van der Waals surface area (Å²) in [4.78, 5) is 44.6. The van der Waals surface area contributed by atoms with Crippen molar-refractivity contribution in [3.63, 3.8) is 0 Å². The Hall–Kier alpha value is -3.85. The molecule has 0 bridgehead atoms. The van der Waals surface area contributed by atoms with Crippen LogP contribution in [0.3, 0.4) is 0 Å². The van der Waals surface area contributed by atoms with E-state index in [1.807, 2.05) is 30.3 Å². The lowest BCUT2D eigenvalue weighted by Crippen LogP contribution is -2.40. The van der Waals surface area contributed by atoms with E-state index in [0.717, 1.165) is 5.69 Å². The largest absolute Gasteiger partial charge is 0.339 e. The van der Waals surface area contributed by atoms with Crippen molar-refractivity contribution in [3.05, 3.63) is 77.6 Å². The summed E-state index contributed by atoms with van der Waals surface area (Å²) in [6.45, 7) is 2.32. The molecule has 9 heteroatoms. The fraction of sp³-hybridized carbons (Fsp3) is 0.231. The second-order valence-electron chi connectivity index (χ2n) is 8.15. The van der Waals surface area contributed by atoms with Crippen LogP contribution in [-0.2, 0) is 14.4 Å². The molecule has 1 aliphatic rings. The molecule has 1 aliphatic heterocycles. The Balaban J connectivity index is 1.34. The summed E-state index contributed by atoms with van der Waals surface area (Å²) >= 11 is 1.19. The predicted molar refractivity (Wildman–Crippen MR) is 135 cm³/mol. The molecule has 4 rings (SSSR count). The molecule has 2 heterocycles. The molecule has 3 aromatic rings. The average molecular weight is 493 g/mol. The number of para-hydroxylation sites is 2. The van der Waals surface area contributed by atoms with Crippen LogP contribution in [0.2, 0.25) is 0 Å². The van der Waals surface area contributed by atoms with Gasteiger partial charge in [-0.15, -0.1) is 11.3 Å². The minimum Gasteiger partial charge on any atom is -0.339 e. The van der Waals surface area contributed by atoms with Crippen LogP contribution in [-0.4, -0.2) is 40.7 Å². The number of halogens is 1. The number of thiazole rings is 1. The molecule has 1 fully saturated rings. The van der Waals surface area contributed by atoms with E-state index in [-0.39, 0.29) is 29.3 Å². The van der Waals surface area contributed by atoms with E-state index in [9.17, 15) is 18.8 Å². The van der Waals surface area contributed by atoms with E-state index in [0.29, 0.717) is 36.8 Å². The summed E-state index contributed by atoms with van der Waals surface area (Å²) in [7, 11) is 0. The highest BCUT2D eigenvalue weighted by Gasteiger charge is 2.27. The number of carbonyl (C=O) groups excluding carboxylic acids is 3. The van der Waals surface area contributed by atoms with Gasteiger partial charge in [0.15, 0.2) is 5.13 Å². The molecule has 1 N–H and O–H groups in total. The lowest BCUT2D eigenvalue weighted by molar-refractivity contribution is -0.130. The quantitative estimate of drug-likeness (QED) is 0.499. The van der Waals surface area contributed by atoms with Gasteiger partial charge in [0.2, 0.25) is 17.7 Å². The standard InChI is InChI=1S/C26H25FN4O3S/c1-18(32)31(23-10-6-5-9-22(23)27)26-29-21(17-35-26)11-12-24(33)30-15-13-19(14-16-30)25(34)28-20-7-3-2-4-8-20/h2-12,17,19H,13-16H2,1H3,(H,28,34). The molecule has 0 radical (unpaired) electrons. The van der Waals surface area contributed by atoms with Crippen molar-refractivity contribution < 1.29 is 18.8 Å². The average Bonchev–Trinajstić information content (AvgIpc) is 3.33. The number of likely N-dealkylation sites (tertiary alicyclic amines) is 1. The highest BCUT2D eigenvalue weighted by molar-refractivity contribution is 7.14. The molecule has 1 aromatic heterocycles. The van der Waals surface area contributed by atoms with Crippen LogP contribution in [0.15, 0.2) is 66.1 Å². The van der Waals surface area contributed by atoms with Crippen molar-refractivity contribution in [1.82, 2.24) is 9.88 Å². The molecule has 180 valence electrons. The summed E-state index contributed by atoms with van der Waals surface area (Å²) < 4.78 is 14.2.